The maximum Gasteiger partial charge on any atom is 0.266 e. The molecule has 0 spiro atoms. The number of carbonyl (C=O) groups excluding carboxylic acids is 1. The van der Waals surface area contributed by atoms with Crippen molar-refractivity contribution in [2.75, 3.05) is 13.7 Å². The second kappa shape index (κ2) is 12.4. The smallest absolute Gasteiger partial charge is 0.266 e. The number of aromatic nitrogens is 2. The number of rotatable bonds is 11. The molecule has 0 aliphatic carbocycles. The van der Waals surface area contributed by atoms with Gasteiger partial charge in [-0.05, 0) is 55.3 Å². The third-order valence-corrected chi connectivity index (χ3v) is 7.70. The molecule has 3 aromatic rings. The maximum atomic E-state index is 13.3. The number of nitrogens with zero attached hydrogens (tertiary/aromatic N) is 3. The fourth-order valence-corrected chi connectivity index (χ4v) is 5.64. The zero-order valence-electron chi connectivity index (χ0n) is 21.2. The summed E-state index contributed by atoms with van der Waals surface area (Å²) in [7, 11) is 1.67. The quantitative estimate of drug-likeness (QED) is 0.150. The lowest BCUT2D eigenvalue weighted by Gasteiger charge is -2.14. The van der Waals surface area contributed by atoms with Crippen LogP contribution in [0.2, 0.25) is 0 Å². The van der Waals surface area contributed by atoms with E-state index >= 15 is 0 Å². The summed E-state index contributed by atoms with van der Waals surface area (Å²) in [6.45, 7) is 4.92. The van der Waals surface area contributed by atoms with Crippen LogP contribution in [0.1, 0.15) is 56.6 Å². The number of amides is 1. The molecule has 5 nitrogen and oxygen atoms in total. The number of carbonyl (C=O) groups is 1. The van der Waals surface area contributed by atoms with Crippen molar-refractivity contribution < 1.29 is 9.53 Å². The first-order chi connectivity index (χ1) is 17.5. The van der Waals surface area contributed by atoms with Crippen molar-refractivity contribution in [2.24, 2.45) is 0 Å². The van der Waals surface area contributed by atoms with Crippen molar-refractivity contribution in [1.29, 1.82) is 0 Å². The number of aryl methyl sites for hydroxylation is 1. The van der Waals surface area contributed by atoms with Crippen molar-refractivity contribution in [3.63, 3.8) is 0 Å². The molecule has 1 aliphatic heterocycles. The number of methoxy groups -OCH3 is 1. The zero-order valence-corrected chi connectivity index (χ0v) is 22.8. The van der Waals surface area contributed by atoms with E-state index in [9.17, 15) is 4.79 Å². The van der Waals surface area contributed by atoms with Crippen LogP contribution in [0.15, 0.2) is 59.6 Å². The Morgan fingerprint density at radius 2 is 1.81 bits per heavy atom. The predicted octanol–water partition coefficient (Wildman–Crippen LogP) is 7.42. The minimum absolute atomic E-state index is 0.0112. The SMILES string of the molecule is CCCCCCCCN1C(=O)/C(=C\c2cn(-c3ccccc3)nc2-c2ccc(OC)c(C)c2)SC1=S. The van der Waals surface area contributed by atoms with Gasteiger partial charge >= 0.3 is 0 Å². The number of para-hydroxylation sites is 1. The average molecular weight is 520 g/mol. The van der Waals surface area contributed by atoms with E-state index in [1.54, 1.807) is 12.0 Å². The monoisotopic (exact) mass is 519 g/mol. The van der Waals surface area contributed by atoms with Gasteiger partial charge in [0.05, 0.1) is 17.7 Å². The minimum Gasteiger partial charge on any atom is -0.496 e. The van der Waals surface area contributed by atoms with Crippen LogP contribution in [-0.4, -0.2) is 38.6 Å². The summed E-state index contributed by atoms with van der Waals surface area (Å²) in [5, 5.41) is 4.90. The summed E-state index contributed by atoms with van der Waals surface area (Å²) >= 11 is 6.95. The van der Waals surface area contributed by atoms with Crippen LogP contribution in [0.4, 0.5) is 0 Å². The van der Waals surface area contributed by atoms with Gasteiger partial charge in [-0.3, -0.25) is 9.69 Å². The highest BCUT2D eigenvalue weighted by molar-refractivity contribution is 8.26. The van der Waals surface area contributed by atoms with Crippen molar-refractivity contribution in [2.45, 2.75) is 52.4 Å². The zero-order chi connectivity index (χ0) is 25.5. The molecule has 1 aliphatic rings. The van der Waals surface area contributed by atoms with Gasteiger partial charge in [0, 0.05) is 23.9 Å². The van der Waals surface area contributed by atoms with Crippen LogP contribution in [0.25, 0.3) is 23.0 Å². The first-order valence-electron chi connectivity index (χ1n) is 12.6. The van der Waals surface area contributed by atoms with Crippen molar-refractivity contribution >= 4 is 40.3 Å². The Hall–Kier alpha value is -2.90. The van der Waals surface area contributed by atoms with Gasteiger partial charge in [0.2, 0.25) is 0 Å². The molecular formula is C29H33N3O2S2. The molecule has 0 saturated carbocycles. The molecule has 0 radical (unpaired) electrons. The molecule has 0 atom stereocenters. The van der Waals surface area contributed by atoms with Gasteiger partial charge < -0.3 is 4.74 Å². The highest BCUT2D eigenvalue weighted by atomic mass is 32.2. The van der Waals surface area contributed by atoms with E-state index in [-0.39, 0.29) is 5.91 Å². The van der Waals surface area contributed by atoms with Crippen LogP contribution in [-0.2, 0) is 4.79 Å². The van der Waals surface area contributed by atoms with Crippen LogP contribution < -0.4 is 4.74 Å². The number of thiocarbonyl (C=S) groups is 1. The van der Waals surface area contributed by atoms with Gasteiger partial charge in [0.1, 0.15) is 15.8 Å². The highest BCUT2D eigenvalue weighted by Crippen LogP contribution is 2.36. The minimum atomic E-state index is -0.0112. The summed E-state index contributed by atoms with van der Waals surface area (Å²) < 4.78 is 7.94. The lowest BCUT2D eigenvalue weighted by atomic mass is 10.0. The largest absolute Gasteiger partial charge is 0.496 e. The van der Waals surface area contributed by atoms with Gasteiger partial charge in [-0.25, -0.2) is 4.68 Å². The van der Waals surface area contributed by atoms with E-state index in [2.05, 4.69) is 13.0 Å². The molecule has 2 aromatic carbocycles. The lowest BCUT2D eigenvalue weighted by molar-refractivity contribution is -0.122. The molecule has 0 N–H and O–H groups in total. The van der Waals surface area contributed by atoms with Crippen LogP contribution in [0.3, 0.4) is 0 Å². The van der Waals surface area contributed by atoms with E-state index in [4.69, 9.17) is 22.1 Å². The predicted molar refractivity (Wildman–Crippen MR) is 154 cm³/mol. The Balaban J connectivity index is 1.61. The summed E-state index contributed by atoms with van der Waals surface area (Å²) in [6.07, 6.45) is 11.0. The Kier molecular flexibility index (Phi) is 8.99. The molecule has 36 heavy (non-hydrogen) atoms. The second-order valence-electron chi connectivity index (χ2n) is 9.00. The molecule has 0 bridgehead atoms. The summed E-state index contributed by atoms with van der Waals surface area (Å²) in [6, 6.07) is 16.0. The third kappa shape index (κ3) is 6.08. The Labute approximate surface area is 223 Å². The molecule has 188 valence electrons. The molecular weight excluding hydrogens is 486 g/mol. The highest BCUT2D eigenvalue weighted by Gasteiger charge is 2.32. The van der Waals surface area contributed by atoms with E-state index in [0.29, 0.717) is 15.8 Å². The Bertz CT molecular complexity index is 1250. The van der Waals surface area contributed by atoms with Crippen LogP contribution >= 0.6 is 24.0 Å². The van der Waals surface area contributed by atoms with E-state index in [1.165, 1.54) is 37.4 Å². The molecule has 1 saturated heterocycles. The number of hydrogen-bond donors (Lipinski definition) is 0. The molecule has 2 heterocycles. The molecule has 1 amide bonds. The second-order valence-corrected chi connectivity index (χ2v) is 10.7. The normalized spacial score (nSPS) is 14.8. The summed E-state index contributed by atoms with van der Waals surface area (Å²) in [5.41, 5.74) is 4.64. The lowest BCUT2D eigenvalue weighted by Crippen LogP contribution is -2.29. The number of ether oxygens (including phenoxy) is 1. The first kappa shape index (κ1) is 26.2. The van der Waals surface area contributed by atoms with Crippen molar-refractivity contribution in [3.05, 3.63) is 70.8 Å². The van der Waals surface area contributed by atoms with Gasteiger partial charge in [0.25, 0.3) is 5.91 Å². The fraction of sp³-hybridized carbons (Fsp3) is 0.345. The van der Waals surface area contributed by atoms with Crippen molar-refractivity contribution in [3.8, 4) is 22.7 Å². The molecule has 7 heteroatoms. The number of unbranched alkanes of at least 4 members (excludes halogenated alkanes) is 5. The van der Waals surface area contributed by atoms with E-state index in [0.717, 1.165) is 46.7 Å². The Morgan fingerprint density at radius 1 is 1.06 bits per heavy atom. The topological polar surface area (TPSA) is 47.4 Å². The summed E-state index contributed by atoms with van der Waals surface area (Å²) in [4.78, 5) is 15.7. The third-order valence-electron chi connectivity index (χ3n) is 6.33. The number of benzene rings is 2. The van der Waals surface area contributed by atoms with Crippen LogP contribution in [0, 0.1) is 6.92 Å². The van der Waals surface area contributed by atoms with Crippen LogP contribution in [0.5, 0.6) is 5.75 Å². The number of hydrogen-bond acceptors (Lipinski definition) is 5. The van der Waals surface area contributed by atoms with Gasteiger partial charge in [-0.15, -0.1) is 0 Å². The van der Waals surface area contributed by atoms with E-state index < -0.39 is 0 Å². The number of thioether (sulfide) groups is 1. The van der Waals surface area contributed by atoms with E-state index in [1.807, 2.05) is 66.3 Å². The summed E-state index contributed by atoms with van der Waals surface area (Å²) in [5.74, 6) is 0.821. The molecule has 4 rings (SSSR count). The maximum absolute atomic E-state index is 13.3. The fourth-order valence-electron chi connectivity index (χ4n) is 4.34. The average Bonchev–Trinajstić information content (AvgIpc) is 3.42. The van der Waals surface area contributed by atoms with Gasteiger partial charge in [-0.1, -0.05) is 81.2 Å². The van der Waals surface area contributed by atoms with Gasteiger partial charge in [-0.2, -0.15) is 5.10 Å². The van der Waals surface area contributed by atoms with Crippen molar-refractivity contribution in [1.82, 2.24) is 14.7 Å². The Morgan fingerprint density at radius 3 is 2.53 bits per heavy atom. The molecule has 0 unspecified atom stereocenters. The van der Waals surface area contributed by atoms with Gasteiger partial charge in [0.15, 0.2) is 0 Å². The molecule has 1 aromatic heterocycles. The first-order valence-corrected chi connectivity index (χ1v) is 13.8. The standard InChI is InChI=1S/C29H33N3O2S2/c1-4-5-6-7-8-12-17-31-28(33)26(36-29(31)35)19-23-20-32(24-13-10-9-11-14-24)30-27(23)22-15-16-25(34-3)21(2)18-22/h9-11,13-16,18-20H,4-8,12,17H2,1-3H3/b26-19+. The molecule has 1 fully saturated rings.